The number of aromatic nitrogens is 5. The molecule has 0 bridgehead atoms. The first kappa shape index (κ1) is 24.7. The largest absolute Gasteiger partial charge is 0.477 e. The van der Waals surface area contributed by atoms with Crippen molar-refractivity contribution in [2.45, 2.75) is 16.4 Å². The highest BCUT2D eigenvalue weighted by molar-refractivity contribution is 8.02. The molecule has 5 heterocycles. The predicted octanol–water partition coefficient (Wildman–Crippen LogP) is -0.185. The Hall–Kier alpha value is -3.96. The number of anilines is 1. The molecule has 0 aromatic carbocycles. The fourth-order valence-corrected chi connectivity index (χ4v) is 6.20. The number of nitrogen functional groups attached to an aromatic ring is 1. The maximum atomic E-state index is 12.9. The number of nitrogens with two attached hydrogens (primary N) is 1. The lowest BCUT2D eigenvalue weighted by Crippen LogP contribution is -2.71. The number of fused-ring (bicyclic) bond motifs is 2. The minimum atomic E-state index is -1.26. The Kier molecular flexibility index (Phi) is 6.57. The maximum Gasteiger partial charge on any atom is 0.352 e. The number of rotatable bonds is 7. The lowest BCUT2D eigenvalue weighted by molar-refractivity contribution is -0.644. The fourth-order valence-electron chi connectivity index (χ4n) is 3.79. The topological polar surface area (TPSA) is 192 Å². The van der Waals surface area contributed by atoms with Crippen molar-refractivity contribution in [3.63, 3.8) is 0 Å². The molecule has 2 amide bonds. The van der Waals surface area contributed by atoms with Gasteiger partial charge in [0.1, 0.15) is 28.3 Å². The van der Waals surface area contributed by atoms with Gasteiger partial charge in [0.2, 0.25) is 11.5 Å². The highest BCUT2D eigenvalue weighted by atomic mass is 32.2. The molecule has 3 aromatic heterocycles. The van der Waals surface area contributed by atoms with Crippen LogP contribution in [0.2, 0.25) is 0 Å². The van der Waals surface area contributed by atoms with E-state index in [2.05, 4.69) is 24.9 Å². The van der Waals surface area contributed by atoms with Gasteiger partial charge in [-0.05, 0) is 23.1 Å². The zero-order chi connectivity index (χ0) is 26.3. The van der Waals surface area contributed by atoms with E-state index in [1.165, 1.54) is 23.5 Å². The molecule has 0 saturated carbocycles. The van der Waals surface area contributed by atoms with Gasteiger partial charge in [-0.3, -0.25) is 14.5 Å². The van der Waals surface area contributed by atoms with Crippen LogP contribution in [0.4, 0.5) is 5.13 Å². The molecule has 0 spiro atoms. The first-order valence-corrected chi connectivity index (χ1v) is 13.2. The quantitative estimate of drug-likeness (QED) is 0.0748. The molecular weight excluding hydrogens is 542 g/mol. The number of hydrogen-bond donors (Lipinski definition) is 4. The number of β-lactam (4-membered cyclic amide) rings is 1. The second-order valence-electron chi connectivity index (χ2n) is 7.75. The van der Waals surface area contributed by atoms with Gasteiger partial charge >= 0.3 is 11.6 Å². The number of nitrogens with zero attached hydrogens (tertiary/aromatic N) is 7. The summed E-state index contributed by atoms with van der Waals surface area (Å²) in [5.41, 5.74) is 6.22. The molecule has 14 nitrogen and oxygen atoms in total. The standard InChI is InChI=1S/C20H17N9O5S3/c1-27-5-6-28-11(27)3-2-10(24-28)35-7-4-9-8-36-18-13(17(31)29(18)14(9)19(32)33)22-16(30)12(25-34)15-23-20(21)37-26-15/h2-7,13,18H,8H2,1H3,(H4-,21,22,23,26,30,32,33,34)/p+1/b7-4+/t13-,18-/m1/s1. The molecule has 1 fully saturated rings. The predicted molar refractivity (Wildman–Crippen MR) is 134 cm³/mol. The number of aryl methyl sites for hydroxylation is 1. The normalized spacial score (nSPS) is 19.9. The third kappa shape index (κ3) is 4.51. The van der Waals surface area contributed by atoms with E-state index in [0.29, 0.717) is 16.4 Å². The molecule has 0 unspecified atom stereocenters. The highest BCUT2D eigenvalue weighted by Gasteiger charge is 2.54. The summed E-state index contributed by atoms with van der Waals surface area (Å²) in [6.45, 7) is 0. The molecule has 5 N–H and O–H groups in total. The Balaban J connectivity index is 1.30. The van der Waals surface area contributed by atoms with E-state index >= 15 is 0 Å². The van der Waals surface area contributed by atoms with Crippen LogP contribution in [0.5, 0.6) is 0 Å². The number of aliphatic carboxylic acids is 1. The number of thioether (sulfide) groups is 2. The molecule has 2 aliphatic rings. The average Bonchev–Trinajstić information content (AvgIpc) is 3.47. The van der Waals surface area contributed by atoms with Crippen molar-refractivity contribution in [3.05, 3.63) is 53.1 Å². The van der Waals surface area contributed by atoms with Gasteiger partial charge in [0.25, 0.3) is 11.8 Å². The Bertz CT molecular complexity index is 1530. The van der Waals surface area contributed by atoms with Crippen LogP contribution in [0, 0.1) is 0 Å². The van der Waals surface area contributed by atoms with Crippen LogP contribution in [-0.2, 0) is 21.4 Å². The summed E-state index contributed by atoms with van der Waals surface area (Å²) in [4.78, 5) is 42.5. The summed E-state index contributed by atoms with van der Waals surface area (Å²) in [6.07, 6.45) is 5.36. The van der Waals surface area contributed by atoms with Gasteiger partial charge < -0.3 is 21.4 Å². The molecule has 0 radical (unpaired) electrons. The van der Waals surface area contributed by atoms with E-state index in [4.69, 9.17) is 5.73 Å². The highest BCUT2D eigenvalue weighted by Crippen LogP contribution is 2.41. The summed E-state index contributed by atoms with van der Waals surface area (Å²) < 4.78 is 7.49. The lowest BCUT2D eigenvalue weighted by Gasteiger charge is -2.49. The Morgan fingerprint density at radius 3 is 2.92 bits per heavy atom. The van der Waals surface area contributed by atoms with Crippen LogP contribution < -0.4 is 15.6 Å². The Morgan fingerprint density at radius 1 is 1.41 bits per heavy atom. The second-order valence-corrected chi connectivity index (χ2v) is 10.6. The number of amides is 2. The molecule has 17 heteroatoms. The minimum absolute atomic E-state index is 0.0721. The van der Waals surface area contributed by atoms with Crippen LogP contribution in [0.1, 0.15) is 5.82 Å². The van der Waals surface area contributed by atoms with Crippen molar-refractivity contribution in [2.24, 2.45) is 12.2 Å². The number of hydrogen-bond acceptors (Lipinski definition) is 12. The Morgan fingerprint density at radius 2 is 2.22 bits per heavy atom. The van der Waals surface area contributed by atoms with Gasteiger partial charge in [-0.1, -0.05) is 22.0 Å². The zero-order valence-corrected chi connectivity index (χ0v) is 21.3. The van der Waals surface area contributed by atoms with E-state index in [-0.39, 0.29) is 16.7 Å². The molecule has 37 heavy (non-hydrogen) atoms. The van der Waals surface area contributed by atoms with Crippen LogP contribution >= 0.6 is 35.1 Å². The monoisotopic (exact) mass is 560 g/mol. The molecule has 5 rings (SSSR count). The Labute approximate surface area is 220 Å². The van der Waals surface area contributed by atoms with Crippen LogP contribution in [0.15, 0.2) is 57.5 Å². The third-order valence-electron chi connectivity index (χ3n) is 5.52. The summed E-state index contributed by atoms with van der Waals surface area (Å²) in [5.74, 6) is -2.63. The minimum Gasteiger partial charge on any atom is -0.477 e. The molecule has 2 atom stereocenters. The van der Waals surface area contributed by atoms with Gasteiger partial charge in [0.05, 0.1) is 7.05 Å². The fraction of sp³-hybridized carbons (Fsp3) is 0.200. The van der Waals surface area contributed by atoms with Crippen LogP contribution in [-0.4, -0.2) is 74.8 Å². The maximum absolute atomic E-state index is 12.9. The molecular formula is C20H18N9O5S3+. The number of carbonyl (C=O) groups is 3. The van der Waals surface area contributed by atoms with E-state index in [9.17, 15) is 24.7 Å². The lowest BCUT2D eigenvalue weighted by atomic mass is 10.0. The first-order chi connectivity index (χ1) is 17.8. The third-order valence-corrected chi connectivity index (χ3v) is 8.10. The molecule has 2 aliphatic heterocycles. The van der Waals surface area contributed by atoms with Gasteiger partial charge in [-0.25, -0.2) is 9.36 Å². The number of allylic oxidation sites excluding steroid dienone is 1. The smallest absolute Gasteiger partial charge is 0.352 e. The van der Waals surface area contributed by atoms with Gasteiger partial charge in [-0.15, -0.1) is 16.3 Å². The summed E-state index contributed by atoms with van der Waals surface area (Å²) in [6, 6.07) is 2.76. The van der Waals surface area contributed by atoms with Crippen molar-refractivity contribution in [3.8, 4) is 0 Å². The van der Waals surface area contributed by atoms with Gasteiger partial charge in [-0.2, -0.15) is 9.36 Å². The van der Waals surface area contributed by atoms with Crippen molar-refractivity contribution in [2.75, 3.05) is 11.5 Å². The van der Waals surface area contributed by atoms with Crippen molar-refractivity contribution in [1.82, 2.24) is 29.2 Å². The van der Waals surface area contributed by atoms with Crippen molar-refractivity contribution < 1.29 is 29.3 Å². The zero-order valence-electron chi connectivity index (χ0n) is 18.9. The molecule has 190 valence electrons. The number of carbonyl (C=O) groups excluding carboxylic acids is 2. The van der Waals surface area contributed by atoms with Gasteiger partial charge in [0.15, 0.2) is 11.3 Å². The molecule has 0 aliphatic carbocycles. The van der Waals surface area contributed by atoms with E-state index < -0.39 is 34.9 Å². The van der Waals surface area contributed by atoms with E-state index in [1.54, 1.807) is 16.0 Å². The first-order valence-electron chi connectivity index (χ1n) is 10.5. The SMILES string of the molecule is C[n+]1ccn2nc(S/C=C/C3=C(C(=O)O)N4C(=O)[C@@H](NC(=O)/C(=N\O)c5nsc(N)n5)[C@H]4SC3)ccc21. The van der Waals surface area contributed by atoms with Crippen molar-refractivity contribution >= 4 is 69.3 Å². The molecule has 3 aromatic rings. The van der Waals surface area contributed by atoms with Crippen LogP contribution in [0.25, 0.3) is 5.65 Å². The number of carboxylic acid groups (broad SMARTS) is 1. The van der Waals surface area contributed by atoms with Gasteiger partial charge in [0, 0.05) is 23.4 Å². The van der Waals surface area contributed by atoms with Crippen LogP contribution in [0.3, 0.4) is 0 Å². The summed E-state index contributed by atoms with van der Waals surface area (Å²) >= 11 is 3.43. The number of imidazole rings is 1. The molecule has 1 saturated heterocycles. The summed E-state index contributed by atoms with van der Waals surface area (Å²) in [7, 11) is 1.91. The second kappa shape index (κ2) is 9.83. The number of nitrogens with one attached hydrogen (secondary N) is 1. The number of oxime groups is 1. The number of carboxylic acids is 1. The summed E-state index contributed by atoms with van der Waals surface area (Å²) in [5, 5.41) is 30.8. The van der Waals surface area contributed by atoms with E-state index in [1.807, 2.05) is 36.1 Å². The van der Waals surface area contributed by atoms with E-state index in [0.717, 1.165) is 22.1 Å². The average molecular weight is 561 g/mol. The van der Waals surface area contributed by atoms with Crippen molar-refractivity contribution in [1.29, 1.82) is 0 Å².